The van der Waals surface area contributed by atoms with Crippen LogP contribution in [0, 0.1) is 18.3 Å². The van der Waals surface area contributed by atoms with E-state index in [1.807, 2.05) is 26.0 Å². The lowest BCUT2D eigenvalue weighted by Gasteiger charge is -2.19. The molecule has 0 unspecified atom stereocenters. The molecule has 8 nitrogen and oxygen atoms in total. The fourth-order valence-corrected chi connectivity index (χ4v) is 3.18. The number of amides is 1. The van der Waals surface area contributed by atoms with Gasteiger partial charge >= 0.3 is 6.09 Å². The van der Waals surface area contributed by atoms with Crippen LogP contribution in [0.1, 0.15) is 35.3 Å². The maximum Gasteiger partial charge on any atom is 0.407 e. The molecule has 29 heavy (non-hydrogen) atoms. The van der Waals surface area contributed by atoms with Crippen LogP contribution in [0.15, 0.2) is 30.5 Å². The van der Waals surface area contributed by atoms with Crippen LogP contribution in [-0.4, -0.2) is 28.3 Å². The van der Waals surface area contributed by atoms with Crippen LogP contribution < -0.4 is 10.6 Å². The molecule has 3 aromatic rings. The summed E-state index contributed by atoms with van der Waals surface area (Å²) < 4.78 is 5.08. The smallest absolute Gasteiger partial charge is 0.407 e. The number of nitrogens with zero attached hydrogens (tertiary/aromatic N) is 4. The van der Waals surface area contributed by atoms with Crippen molar-refractivity contribution in [3.8, 4) is 6.07 Å². The number of halogens is 1. The molecule has 3 rings (SSSR count). The normalized spacial score (nSPS) is 11.6. The number of benzene rings is 1. The number of nitriles is 1. The number of rotatable bonds is 5. The van der Waals surface area contributed by atoms with Gasteiger partial charge in [0.2, 0.25) is 0 Å². The quantitative estimate of drug-likeness (QED) is 0.613. The first-order chi connectivity index (χ1) is 13.9. The van der Waals surface area contributed by atoms with Gasteiger partial charge < -0.3 is 15.4 Å². The van der Waals surface area contributed by atoms with Gasteiger partial charge in [-0.05, 0) is 37.1 Å². The number of pyridine rings is 1. The van der Waals surface area contributed by atoms with Crippen molar-refractivity contribution >= 4 is 34.3 Å². The number of aromatic nitrogens is 3. The SMILES string of the molecule is CNC(=O)OCc1nnc(N[C@H](C)c2cccc(C#N)c2C)c2cc(Cl)ncc12. The highest BCUT2D eigenvalue weighted by Crippen LogP contribution is 2.29. The third-order valence-corrected chi connectivity index (χ3v) is 4.77. The van der Waals surface area contributed by atoms with Crippen LogP contribution in [-0.2, 0) is 11.3 Å². The average Bonchev–Trinajstić information content (AvgIpc) is 2.72. The molecule has 2 aromatic heterocycles. The fourth-order valence-electron chi connectivity index (χ4n) is 3.02. The van der Waals surface area contributed by atoms with Gasteiger partial charge in [-0.3, -0.25) is 0 Å². The molecule has 2 heterocycles. The van der Waals surface area contributed by atoms with Crippen LogP contribution in [0.2, 0.25) is 5.15 Å². The highest BCUT2D eigenvalue weighted by Gasteiger charge is 2.16. The fraction of sp³-hybridized carbons (Fsp3) is 0.250. The van der Waals surface area contributed by atoms with Crippen molar-refractivity contribution in [2.24, 2.45) is 0 Å². The van der Waals surface area contributed by atoms with Gasteiger partial charge in [-0.2, -0.15) is 5.26 Å². The minimum absolute atomic E-state index is 0.0500. The van der Waals surface area contributed by atoms with Crippen LogP contribution in [0.3, 0.4) is 0 Å². The number of anilines is 1. The largest absolute Gasteiger partial charge is 0.443 e. The van der Waals surface area contributed by atoms with E-state index in [0.29, 0.717) is 33.0 Å². The zero-order valence-electron chi connectivity index (χ0n) is 16.2. The second kappa shape index (κ2) is 8.71. The number of fused-ring (bicyclic) bond motifs is 1. The Morgan fingerprint density at radius 1 is 1.34 bits per heavy atom. The number of ether oxygens (including phenoxy) is 1. The maximum atomic E-state index is 11.4. The summed E-state index contributed by atoms with van der Waals surface area (Å²) in [6, 6.07) is 9.34. The zero-order chi connectivity index (χ0) is 21.0. The van der Waals surface area contributed by atoms with Gasteiger partial charge in [0.05, 0.1) is 17.7 Å². The van der Waals surface area contributed by atoms with Crippen molar-refractivity contribution in [1.82, 2.24) is 20.5 Å². The number of nitrogens with one attached hydrogen (secondary N) is 2. The van der Waals surface area contributed by atoms with Crippen LogP contribution in [0.4, 0.5) is 10.6 Å². The number of alkyl carbamates (subject to hydrolysis) is 1. The van der Waals surface area contributed by atoms with Gasteiger partial charge in [0.25, 0.3) is 0 Å². The summed E-state index contributed by atoms with van der Waals surface area (Å²) >= 11 is 6.09. The molecule has 0 saturated carbocycles. The van der Waals surface area contributed by atoms with Crippen molar-refractivity contribution in [3.63, 3.8) is 0 Å². The molecular weight excluding hydrogens is 392 g/mol. The minimum Gasteiger partial charge on any atom is -0.443 e. The standard InChI is InChI=1S/C20H19ClN6O2/c1-11-13(8-22)5-4-6-14(11)12(2)25-19-15-7-18(21)24-9-16(15)17(26-27-19)10-29-20(28)23-3/h4-7,9,12H,10H2,1-3H3,(H,23,28)(H,25,27)/t12-/m1/s1. The summed E-state index contributed by atoms with van der Waals surface area (Å²) in [5.74, 6) is 0.516. The van der Waals surface area contributed by atoms with E-state index in [1.165, 1.54) is 7.05 Å². The van der Waals surface area contributed by atoms with Crippen LogP contribution in [0.25, 0.3) is 10.8 Å². The first-order valence-corrected chi connectivity index (χ1v) is 9.23. The Labute approximate surface area is 172 Å². The summed E-state index contributed by atoms with van der Waals surface area (Å²) in [4.78, 5) is 15.5. The molecule has 0 aliphatic rings. The van der Waals surface area contributed by atoms with E-state index in [9.17, 15) is 10.1 Å². The second-order valence-electron chi connectivity index (χ2n) is 6.37. The van der Waals surface area contributed by atoms with E-state index in [0.717, 1.165) is 11.1 Å². The van der Waals surface area contributed by atoms with Gasteiger partial charge in [0, 0.05) is 24.0 Å². The predicted molar refractivity (Wildman–Crippen MR) is 110 cm³/mol. The Morgan fingerprint density at radius 2 is 2.14 bits per heavy atom. The average molecular weight is 411 g/mol. The van der Waals surface area contributed by atoms with E-state index >= 15 is 0 Å². The lowest BCUT2D eigenvalue weighted by molar-refractivity contribution is 0.141. The number of hydrogen-bond donors (Lipinski definition) is 2. The van der Waals surface area contributed by atoms with Crippen molar-refractivity contribution in [1.29, 1.82) is 5.26 Å². The van der Waals surface area contributed by atoms with E-state index in [1.54, 1.807) is 18.3 Å². The molecule has 0 aliphatic carbocycles. The van der Waals surface area contributed by atoms with Crippen molar-refractivity contribution in [2.45, 2.75) is 26.5 Å². The topological polar surface area (TPSA) is 113 Å². The van der Waals surface area contributed by atoms with Crippen LogP contribution >= 0.6 is 11.6 Å². The molecule has 0 radical (unpaired) electrons. The summed E-state index contributed by atoms with van der Waals surface area (Å²) in [5, 5.41) is 25.1. The molecule has 2 N–H and O–H groups in total. The molecule has 0 saturated heterocycles. The molecule has 1 atom stereocenters. The Hall–Kier alpha value is -3.44. The molecule has 0 bridgehead atoms. The third-order valence-electron chi connectivity index (χ3n) is 4.57. The van der Waals surface area contributed by atoms with Crippen LogP contribution in [0.5, 0.6) is 0 Å². The first kappa shape index (κ1) is 20.3. The molecule has 0 aliphatic heterocycles. The highest BCUT2D eigenvalue weighted by atomic mass is 35.5. The Bertz CT molecular complexity index is 1110. The molecule has 0 fully saturated rings. The number of carbonyl (C=O) groups is 1. The highest BCUT2D eigenvalue weighted by molar-refractivity contribution is 6.30. The lowest BCUT2D eigenvalue weighted by atomic mass is 9.98. The Kier molecular flexibility index (Phi) is 6.10. The van der Waals surface area contributed by atoms with Gasteiger partial charge in [-0.25, -0.2) is 9.78 Å². The zero-order valence-corrected chi connectivity index (χ0v) is 16.9. The summed E-state index contributed by atoms with van der Waals surface area (Å²) in [6.07, 6.45) is 1.01. The second-order valence-corrected chi connectivity index (χ2v) is 6.76. The molecule has 148 valence electrons. The van der Waals surface area contributed by atoms with E-state index in [4.69, 9.17) is 16.3 Å². The van der Waals surface area contributed by atoms with E-state index < -0.39 is 6.09 Å². The van der Waals surface area contributed by atoms with Gasteiger partial charge in [0.15, 0.2) is 5.82 Å². The monoisotopic (exact) mass is 410 g/mol. The number of hydrogen-bond acceptors (Lipinski definition) is 7. The molecule has 1 aromatic carbocycles. The van der Waals surface area contributed by atoms with Gasteiger partial charge in [-0.1, -0.05) is 23.7 Å². The van der Waals surface area contributed by atoms with Crippen molar-refractivity contribution in [2.75, 3.05) is 12.4 Å². The van der Waals surface area contributed by atoms with Gasteiger partial charge in [0.1, 0.15) is 17.5 Å². The number of carbonyl (C=O) groups excluding carboxylic acids is 1. The minimum atomic E-state index is -0.564. The molecular formula is C20H19ClN6O2. The van der Waals surface area contributed by atoms with E-state index in [2.05, 4.69) is 31.9 Å². The van der Waals surface area contributed by atoms with Crippen molar-refractivity contribution < 1.29 is 9.53 Å². The lowest BCUT2D eigenvalue weighted by Crippen LogP contribution is -2.19. The third kappa shape index (κ3) is 4.36. The summed E-state index contributed by atoms with van der Waals surface area (Å²) in [6.45, 7) is 3.84. The maximum absolute atomic E-state index is 11.4. The van der Waals surface area contributed by atoms with Gasteiger partial charge in [-0.15, -0.1) is 10.2 Å². The van der Waals surface area contributed by atoms with E-state index in [-0.39, 0.29) is 12.6 Å². The molecule has 9 heteroatoms. The molecule has 0 spiro atoms. The Morgan fingerprint density at radius 3 is 2.86 bits per heavy atom. The van der Waals surface area contributed by atoms with Crippen molar-refractivity contribution in [3.05, 3.63) is 58.0 Å². The first-order valence-electron chi connectivity index (χ1n) is 8.86. The Balaban J connectivity index is 1.97. The predicted octanol–water partition coefficient (Wildman–Crippen LogP) is 3.89. The summed E-state index contributed by atoms with van der Waals surface area (Å²) in [5.41, 5.74) is 2.98. The molecule has 1 amide bonds. The summed E-state index contributed by atoms with van der Waals surface area (Å²) in [7, 11) is 1.48.